The van der Waals surface area contributed by atoms with Gasteiger partial charge in [0, 0.05) is 16.5 Å². The molecule has 1 atom stereocenters. The summed E-state index contributed by atoms with van der Waals surface area (Å²) in [5.41, 5.74) is 3.64. The van der Waals surface area contributed by atoms with Crippen LogP contribution in [0.1, 0.15) is 57.7 Å². The second-order valence-electron chi connectivity index (χ2n) is 7.07. The maximum Gasteiger partial charge on any atom is 0.237 e. The number of fused-ring (bicyclic) bond motifs is 5. The Kier molecular flexibility index (Phi) is 2.77. The molecule has 0 radical (unpaired) electrons. The fraction of sp³-hybridized carbons (Fsp3) is 0.368. The molecule has 2 aliphatic rings. The first kappa shape index (κ1) is 14.4. The van der Waals surface area contributed by atoms with Crippen LogP contribution in [-0.2, 0) is 11.8 Å². The van der Waals surface area contributed by atoms with Gasteiger partial charge in [-0.15, -0.1) is 0 Å². The molecule has 1 heterocycles. The van der Waals surface area contributed by atoms with E-state index >= 15 is 0 Å². The smallest absolute Gasteiger partial charge is 0.237 e. The molecule has 0 fully saturated rings. The number of aliphatic hydroxyl groups is 1. The number of carbonyl (C=O) groups excluding carboxylic acids is 2. The van der Waals surface area contributed by atoms with Gasteiger partial charge in [0.05, 0.1) is 17.9 Å². The zero-order valence-corrected chi connectivity index (χ0v) is 13.4. The van der Waals surface area contributed by atoms with Crippen molar-refractivity contribution in [3.8, 4) is 11.3 Å². The third-order valence-electron chi connectivity index (χ3n) is 5.39. The molecular weight excluding hydrogens is 292 g/mol. The summed E-state index contributed by atoms with van der Waals surface area (Å²) >= 11 is 0. The van der Waals surface area contributed by atoms with Crippen LogP contribution in [0.3, 0.4) is 0 Å². The van der Waals surface area contributed by atoms with Crippen molar-refractivity contribution in [2.45, 2.75) is 45.1 Å². The number of furan rings is 1. The molecular formula is C19H18O4. The summed E-state index contributed by atoms with van der Waals surface area (Å²) in [5.74, 6) is -0.453. The Morgan fingerprint density at radius 3 is 2.61 bits per heavy atom. The molecule has 1 unspecified atom stereocenters. The molecule has 0 bridgehead atoms. The van der Waals surface area contributed by atoms with Gasteiger partial charge < -0.3 is 9.52 Å². The Balaban J connectivity index is 2.05. The molecule has 0 spiro atoms. The van der Waals surface area contributed by atoms with Crippen LogP contribution in [0.5, 0.6) is 0 Å². The summed E-state index contributed by atoms with van der Waals surface area (Å²) in [7, 11) is 0. The molecule has 1 N–H and O–H groups in total. The van der Waals surface area contributed by atoms with Crippen LogP contribution >= 0.6 is 0 Å². The van der Waals surface area contributed by atoms with Gasteiger partial charge in [-0.2, -0.15) is 0 Å². The monoisotopic (exact) mass is 310 g/mol. The predicted octanol–water partition coefficient (Wildman–Crippen LogP) is 3.22. The van der Waals surface area contributed by atoms with E-state index in [1.54, 1.807) is 6.92 Å². The Morgan fingerprint density at radius 1 is 1.17 bits per heavy atom. The predicted molar refractivity (Wildman–Crippen MR) is 84.9 cm³/mol. The van der Waals surface area contributed by atoms with Crippen molar-refractivity contribution < 1.29 is 19.1 Å². The van der Waals surface area contributed by atoms with Gasteiger partial charge in [0.2, 0.25) is 11.6 Å². The van der Waals surface area contributed by atoms with Gasteiger partial charge in [-0.25, -0.2) is 0 Å². The lowest BCUT2D eigenvalue weighted by atomic mass is 9.67. The topological polar surface area (TPSA) is 67.5 Å². The summed E-state index contributed by atoms with van der Waals surface area (Å²) in [6.07, 6.45) is 2.25. The van der Waals surface area contributed by atoms with Crippen LogP contribution < -0.4 is 0 Å². The standard InChI is InChI=1S/C19H18O4/c1-9-8-23-18-11-4-6-12-10(5-7-13(20)19(12,2)3)15(11)17(22)16(21)14(9)18/h4,6,8,13,20H,5,7H2,1-3H3. The van der Waals surface area contributed by atoms with Crippen molar-refractivity contribution in [3.05, 3.63) is 46.2 Å². The van der Waals surface area contributed by atoms with Gasteiger partial charge in [-0.05, 0) is 36.5 Å². The van der Waals surface area contributed by atoms with Crippen molar-refractivity contribution in [2.75, 3.05) is 0 Å². The van der Waals surface area contributed by atoms with E-state index in [-0.39, 0.29) is 0 Å². The van der Waals surface area contributed by atoms with Crippen LogP contribution in [0.4, 0.5) is 0 Å². The second-order valence-corrected chi connectivity index (χ2v) is 7.07. The van der Waals surface area contributed by atoms with Crippen molar-refractivity contribution in [1.82, 2.24) is 0 Å². The van der Waals surface area contributed by atoms with Gasteiger partial charge in [0.1, 0.15) is 5.76 Å². The molecule has 2 aliphatic carbocycles. The van der Waals surface area contributed by atoms with Crippen molar-refractivity contribution in [1.29, 1.82) is 0 Å². The Hall–Kier alpha value is -2.20. The molecule has 0 aliphatic heterocycles. The maximum absolute atomic E-state index is 12.7. The minimum Gasteiger partial charge on any atom is -0.463 e. The summed E-state index contributed by atoms with van der Waals surface area (Å²) in [6, 6.07) is 3.81. The second kappa shape index (κ2) is 4.42. The highest BCUT2D eigenvalue weighted by molar-refractivity contribution is 6.53. The lowest BCUT2D eigenvalue weighted by Crippen LogP contribution is -2.39. The number of hydrogen-bond donors (Lipinski definition) is 1. The van der Waals surface area contributed by atoms with E-state index in [0.717, 1.165) is 11.1 Å². The fourth-order valence-electron chi connectivity index (χ4n) is 3.93. The molecule has 4 rings (SSSR count). The Bertz CT molecular complexity index is 870. The van der Waals surface area contributed by atoms with Crippen LogP contribution in [0.15, 0.2) is 22.8 Å². The molecule has 1 aromatic carbocycles. The summed E-state index contributed by atoms with van der Waals surface area (Å²) in [4.78, 5) is 25.3. The van der Waals surface area contributed by atoms with Crippen LogP contribution in [0, 0.1) is 6.92 Å². The average Bonchev–Trinajstić information content (AvgIpc) is 2.90. The number of aliphatic hydroxyl groups excluding tert-OH is 1. The average molecular weight is 310 g/mol. The third kappa shape index (κ3) is 1.70. The highest BCUT2D eigenvalue weighted by Gasteiger charge is 2.42. The third-order valence-corrected chi connectivity index (χ3v) is 5.39. The maximum atomic E-state index is 12.7. The minimum atomic E-state index is -0.490. The summed E-state index contributed by atoms with van der Waals surface area (Å²) in [5, 5.41) is 10.3. The van der Waals surface area contributed by atoms with Crippen molar-refractivity contribution in [2.24, 2.45) is 0 Å². The van der Waals surface area contributed by atoms with Gasteiger partial charge >= 0.3 is 0 Å². The largest absolute Gasteiger partial charge is 0.463 e. The molecule has 0 amide bonds. The molecule has 4 heteroatoms. The number of Topliss-reactive ketones (excluding diaryl/α,β-unsaturated/α-hetero) is 2. The zero-order chi connectivity index (χ0) is 16.5. The number of ketones is 2. The van der Waals surface area contributed by atoms with Crippen LogP contribution in [0.2, 0.25) is 0 Å². The molecule has 118 valence electrons. The first-order valence-corrected chi connectivity index (χ1v) is 7.86. The van der Waals surface area contributed by atoms with E-state index in [1.165, 1.54) is 6.26 Å². The first-order chi connectivity index (χ1) is 10.8. The summed E-state index contributed by atoms with van der Waals surface area (Å²) in [6.45, 7) is 5.72. The molecule has 0 saturated heterocycles. The fourth-order valence-corrected chi connectivity index (χ4v) is 3.93. The molecule has 23 heavy (non-hydrogen) atoms. The van der Waals surface area contributed by atoms with Crippen LogP contribution in [-0.4, -0.2) is 22.8 Å². The van der Waals surface area contributed by atoms with Gasteiger partial charge in [0.15, 0.2) is 0 Å². The number of rotatable bonds is 0. The van der Waals surface area contributed by atoms with Crippen molar-refractivity contribution in [3.63, 3.8) is 0 Å². The van der Waals surface area contributed by atoms with Crippen LogP contribution in [0.25, 0.3) is 11.3 Å². The zero-order valence-electron chi connectivity index (χ0n) is 13.4. The Labute approximate surface area is 134 Å². The van der Waals surface area contributed by atoms with E-state index < -0.39 is 23.1 Å². The summed E-state index contributed by atoms with van der Waals surface area (Å²) < 4.78 is 5.57. The normalized spacial score (nSPS) is 21.7. The number of carbonyl (C=O) groups is 2. The van der Waals surface area contributed by atoms with Crippen molar-refractivity contribution >= 4 is 11.6 Å². The van der Waals surface area contributed by atoms with Gasteiger partial charge in [0.25, 0.3) is 0 Å². The van der Waals surface area contributed by atoms with E-state index in [9.17, 15) is 14.7 Å². The molecule has 0 saturated carbocycles. The highest BCUT2D eigenvalue weighted by atomic mass is 16.3. The Morgan fingerprint density at radius 2 is 1.87 bits per heavy atom. The molecule has 1 aromatic heterocycles. The van der Waals surface area contributed by atoms with E-state index in [0.29, 0.717) is 40.9 Å². The van der Waals surface area contributed by atoms with Gasteiger partial charge in [-0.1, -0.05) is 26.0 Å². The molecule has 2 aromatic rings. The quantitative estimate of drug-likeness (QED) is 0.759. The van der Waals surface area contributed by atoms with Gasteiger partial charge in [-0.3, -0.25) is 9.59 Å². The molecule has 4 nitrogen and oxygen atoms in total. The number of hydrogen-bond acceptors (Lipinski definition) is 4. The van der Waals surface area contributed by atoms with E-state index in [1.807, 2.05) is 26.0 Å². The first-order valence-electron chi connectivity index (χ1n) is 7.86. The minimum absolute atomic E-state index is 0.387. The number of aryl methyl sites for hydroxylation is 1. The van der Waals surface area contributed by atoms with E-state index in [2.05, 4.69) is 0 Å². The lowest BCUT2D eigenvalue weighted by molar-refractivity contribution is 0.0792. The highest BCUT2D eigenvalue weighted by Crippen LogP contribution is 2.44. The lowest BCUT2D eigenvalue weighted by Gasteiger charge is -2.38. The SMILES string of the molecule is Cc1coc2c1C(=O)C(=O)c1c-2ccc2c1CCC(O)C2(C)C. The van der Waals surface area contributed by atoms with E-state index in [4.69, 9.17) is 4.42 Å². The number of benzene rings is 1.